The molecule has 0 N–H and O–H groups in total. The van der Waals surface area contributed by atoms with Crippen LogP contribution < -0.4 is 4.74 Å². The Hall–Kier alpha value is -1.76. The lowest BCUT2D eigenvalue weighted by Gasteiger charge is -2.09. The molecule has 0 aliphatic heterocycles. The number of benzene rings is 1. The lowest BCUT2D eigenvalue weighted by molar-refractivity contribution is -0.274. The molecule has 1 aromatic carbocycles. The Kier molecular flexibility index (Phi) is 5.28. The smallest absolute Gasteiger partial charge is 0.406 e. The first kappa shape index (κ1) is 16.6. The highest BCUT2D eigenvalue weighted by Gasteiger charge is 2.31. The van der Waals surface area contributed by atoms with E-state index in [4.69, 9.17) is 4.74 Å². The Morgan fingerprint density at radius 3 is 2.64 bits per heavy atom. The van der Waals surface area contributed by atoms with Crippen LogP contribution in [0.25, 0.3) is 11.0 Å². The average Bonchev–Trinajstić information content (AvgIpc) is 2.78. The molecule has 122 valence electrons. The van der Waals surface area contributed by atoms with Gasteiger partial charge in [0.15, 0.2) is 0 Å². The molecular weight excluding hydrogens is 297 g/mol. The van der Waals surface area contributed by atoms with Crippen LogP contribution in [0.15, 0.2) is 18.2 Å². The third-order valence-electron chi connectivity index (χ3n) is 3.35. The normalized spacial score (nSPS) is 12.0. The van der Waals surface area contributed by atoms with E-state index >= 15 is 0 Å². The number of alkyl halides is 3. The molecule has 2 rings (SSSR count). The molecule has 7 heteroatoms. The number of halogens is 3. The van der Waals surface area contributed by atoms with Crippen LogP contribution in [0.4, 0.5) is 13.2 Å². The monoisotopic (exact) mass is 316 g/mol. The third kappa shape index (κ3) is 4.13. The number of aryl methyl sites for hydroxylation is 2. The number of imidazole rings is 1. The lowest BCUT2D eigenvalue weighted by Crippen LogP contribution is -2.17. The summed E-state index contributed by atoms with van der Waals surface area (Å²) in [5.41, 5.74) is 1.34. The quantitative estimate of drug-likeness (QED) is 0.726. The summed E-state index contributed by atoms with van der Waals surface area (Å²) in [7, 11) is 1.66. The molecule has 0 saturated carbocycles. The Balaban J connectivity index is 2.22. The molecule has 0 radical (unpaired) electrons. The van der Waals surface area contributed by atoms with Crippen LogP contribution in [-0.2, 0) is 17.7 Å². The zero-order valence-corrected chi connectivity index (χ0v) is 12.6. The van der Waals surface area contributed by atoms with Crippen molar-refractivity contribution >= 4 is 11.0 Å². The maximum Gasteiger partial charge on any atom is 0.573 e. The molecule has 0 unspecified atom stereocenters. The Morgan fingerprint density at radius 2 is 2.00 bits per heavy atom. The molecular formula is C15H19F3N2O2. The maximum absolute atomic E-state index is 12.3. The summed E-state index contributed by atoms with van der Waals surface area (Å²) in [6.07, 6.45) is -2.08. The molecule has 22 heavy (non-hydrogen) atoms. The molecule has 0 aliphatic carbocycles. The van der Waals surface area contributed by atoms with Gasteiger partial charge >= 0.3 is 6.36 Å². The van der Waals surface area contributed by atoms with E-state index in [1.165, 1.54) is 12.1 Å². The number of hydrogen-bond donors (Lipinski definition) is 0. The van der Waals surface area contributed by atoms with Crippen molar-refractivity contribution < 1.29 is 22.6 Å². The van der Waals surface area contributed by atoms with Gasteiger partial charge in [0, 0.05) is 32.7 Å². The second-order valence-electron chi connectivity index (χ2n) is 4.92. The first-order chi connectivity index (χ1) is 10.4. The van der Waals surface area contributed by atoms with Crippen molar-refractivity contribution in [1.82, 2.24) is 9.55 Å². The van der Waals surface area contributed by atoms with Crippen molar-refractivity contribution in [2.45, 2.75) is 39.1 Å². The fourth-order valence-corrected chi connectivity index (χ4v) is 2.43. The molecule has 0 atom stereocenters. The van der Waals surface area contributed by atoms with E-state index < -0.39 is 6.36 Å². The summed E-state index contributed by atoms with van der Waals surface area (Å²) in [5.74, 6) is 0.629. The largest absolute Gasteiger partial charge is 0.573 e. The number of nitrogens with zero attached hydrogens (tertiary/aromatic N) is 2. The topological polar surface area (TPSA) is 36.3 Å². The molecule has 0 amide bonds. The highest BCUT2D eigenvalue weighted by molar-refractivity contribution is 5.77. The third-order valence-corrected chi connectivity index (χ3v) is 3.35. The number of unbranched alkanes of at least 4 members (excludes halogenated alkanes) is 1. The zero-order valence-electron chi connectivity index (χ0n) is 12.6. The summed E-state index contributed by atoms with van der Waals surface area (Å²) in [4.78, 5) is 4.45. The summed E-state index contributed by atoms with van der Waals surface area (Å²) >= 11 is 0. The van der Waals surface area contributed by atoms with Gasteiger partial charge in [0.05, 0.1) is 11.0 Å². The van der Waals surface area contributed by atoms with E-state index in [-0.39, 0.29) is 5.75 Å². The summed E-state index contributed by atoms with van der Waals surface area (Å²) in [6, 6.07) is 4.26. The maximum atomic E-state index is 12.3. The van der Waals surface area contributed by atoms with E-state index in [9.17, 15) is 13.2 Å². The first-order valence-corrected chi connectivity index (χ1v) is 7.18. The Bertz CT molecular complexity index is 623. The van der Waals surface area contributed by atoms with E-state index in [0.717, 1.165) is 37.1 Å². The fraction of sp³-hybridized carbons (Fsp3) is 0.533. The van der Waals surface area contributed by atoms with Crippen LogP contribution >= 0.6 is 0 Å². The van der Waals surface area contributed by atoms with Crippen molar-refractivity contribution in [2.24, 2.45) is 0 Å². The van der Waals surface area contributed by atoms with Gasteiger partial charge in [-0.2, -0.15) is 0 Å². The van der Waals surface area contributed by atoms with Gasteiger partial charge in [0.1, 0.15) is 11.6 Å². The standard InChI is InChI=1S/C15H19F3N2O2/c1-3-20-13-8-7-11(22-15(16,17)18)10-12(13)19-14(20)6-4-5-9-21-2/h7-8,10H,3-6,9H2,1-2H3. The first-order valence-electron chi connectivity index (χ1n) is 7.18. The van der Waals surface area contributed by atoms with Gasteiger partial charge in [-0.05, 0) is 31.9 Å². The number of rotatable bonds is 7. The number of ether oxygens (including phenoxy) is 2. The van der Waals surface area contributed by atoms with Crippen LogP contribution in [0.5, 0.6) is 5.75 Å². The fourth-order valence-electron chi connectivity index (χ4n) is 2.43. The van der Waals surface area contributed by atoms with Crippen LogP contribution in [0.3, 0.4) is 0 Å². The van der Waals surface area contributed by atoms with E-state index in [1.54, 1.807) is 13.2 Å². The van der Waals surface area contributed by atoms with Gasteiger partial charge in [-0.15, -0.1) is 13.2 Å². The SMILES string of the molecule is CCn1c(CCCCOC)nc2cc(OC(F)(F)F)ccc21. The number of fused-ring (bicyclic) bond motifs is 1. The van der Waals surface area contributed by atoms with Gasteiger partial charge in [0.25, 0.3) is 0 Å². The molecule has 0 spiro atoms. The summed E-state index contributed by atoms with van der Waals surface area (Å²) in [5, 5.41) is 0. The van der Waals surface area contributed by atoms with Crippen molar-refractivity contribution in [3.8, 4) is 5.75 Å². The zero-order chi connectivity index (χ0) is 16.2. The minimum Gasteiger partial charge on any atom is -0.406 e. The molecule has 0 bridgehead atoms. The number of methoxy groups -OCH3 is 1. The Morgan fingerprint density at radius 1 is 1.23 bits per heavy atom. The van der Waals surface area contributed by atoms with Crippen LogP contribution in [0, 0.1) is 0 Å². The van der Waals surface area contributed by atoms with Crippen molar-refractivity contribution in [3.63, 3.8) is 0 Å². The van der Waals surface area contributed by atoms with E-state index in [0.29, 0.717) is 12.1 Å². The molecule has 1 aromatic heterocycles. The minimum absolute atomic E-state index is 0.244. The molecule has 0 aliphatic rings. The molecule has 1 heterocycles. The highest BCUT2D eigenvalue weighted by Crippen LogP contribution is 2.27. The molecule has 0 fully saturated rings. The predicted molar refractivity (Wildman–Crippen MR) is 76.9 cm³/mol. The van der Waals surface area contributed by atoms with Crippen molar-refractivity contribution in [2.75, 3.05) is 13.7 Å². The second-order valence-corrected chi connectivity index (χ2v) is 4.92. The molecule has 4 nitrogen and oxygen atoms in total. The summed E-state index contributed by atoms with van der Waals surface area (Å²) < 4.78 is 47.8. The van der Waals surface area contributed by atoms with Gasteiger partial charge in [-0.3, -0.25) is 0 Å². The van der Waals surface area contributed by atoms with Crippen molar-refractivity contribution in [1.29, 1.82) is 0 Å². The summed E-state index contributed by atoms with van der Waals surface area (Å²) in [6.45, 7) is 3.39. The van der Waals surface area contributed by atoms with Crippen LogP contribution in [0.1, 0.15) is 25.6 Å². The second kappa shape index (κ2) is 7.00. The van der Waals surface area contributed by atoms with Crippen LogP contribution in [0.2, 0.25) is 0 Å². The molecule has 0 saturated heterocycles. The number of aromatic nitrogens is 2. The molecule has 2 aromatic rings. The van der Waals surface area contributed by atoms with E-state index in [1.807, 2.05) is 11.5 Å². The minimum atomic E-state index is -4.69. The van der Waals surface area contributed by atoms with Gasteiger partial charge < -0.3 is 14.0 Å². The van der Waals surface area contributed by atoms with Crippen molar-refractivity contribution in [3.05, 3.63) is 24.0 Å². The lowest BCUT2D eigenvalue weighted by atomic mass is 10.2. The van der Waals surface area contributed by atoms with Gasteiger partial charge in [0.2, 0.25) is 0 Å². The predicted octanol–water partition coefficient (Wildman–Crippen LogP) is 3.92. The van der Waals surface area contributed by atoms with Gasteiger partial charge in [-0.1, -0.05) is 0 Å². The highest BCUT2D eigenvalue weighted by atomic mass is 19.4. The Labute approximate surface area is 126 Å². The average molecular weight is 316 g/mol. The van der Waals surface area contributed by atoms with E-state index in [2.05, 4.69) is 9.72 Å². The van der Waals surface area contributed by atoms with Crippen LogP contribution in [-0.4, -0.2) is 29.6 Å². The number of hydrogen-bond acceptors (Lipinski definition) is 3. The van der Waals surface area contributed by atoms with Gasteiger partial charge in [-0.25, -0.2) is 4.98 Å².